The number of hydrogen-bond donors (Lipinski definition) is 1. The lowest BCUT2D eigenvalue weighted by molar-refractivity contribution is 0.0938. The molecule has 0 aliphatic rings. The van der Waals surface area contributed by atoms with Crippen molar-refractivity contribution >= 4 is 17.5 Å². The van der Waals surface area contributed by atoms with Crippen LogP contribution in [-0.4, -0.2) is 16.0 Å². The van der Waals surface area contributed by atoms with Gasteiger partial charge in [0.05, 0.1) is 6.04 Å². The summed E-state index contributed by atoms with van der Waals surface area (Å²) in [6.45, 7) is 3.66. The van der Waals surface area contributed by atoms with E-state index in [4.69, 9.17) is 11.6 Å². The number of carbonyl (C=O) groups excluding carboxylic acids is 1. The minimum Gasteiger partial charge on any atom is -0.343 e. The van der Waals surface area contributed by atoms with Crippen LogP contribution in [0.2, 0.25) is 5.02 Å². The Morgan fingerprint density at radius 1 is 1.44 bits per heavy atom. The third-order valence-corrected chi connectivity index (χ3v) is 2.64. The fourth-order valence-electron chi connectivity index (χ4n) is 1.58. The summed E-state index contributed by atoms with van der Waals surface area (Å²) in [5.41, 5.74) is 1.44. The van der Waals surface area contributed by atoms with Gasteiger partial charge in [0.15, 0.2) is 5.82 Å². The van der Waals surface area contributed by atoms with Crippen LogP contribution >= 0.6 is 11.6 Å². The first-order valence-electron chi connectivity index (χ1n) is 5.40. The van der Waals surface area contributed by atoms with Gasteiger partial charge in [0.1, 0.15) is 0 Å². The lowest BCUT2D eigenvalue weighted by Crippen LogP contribution is -2.27. The average Bonchev–Trinajstić information content (AvgIpc) is 2.80. The highest BCUT2D eigenvalue weighted by atomic mass is 35.5. The summed E-state index contributed by atoms with van der Waals surface area (Å²) in [5, 5.41) is 6.98. The second-order valence-corrected chi connectivity index (χ2v) is 4.44. The van der Waals surface area contributed by atoms with Crippen LogP contribution in [-0.2, 0) is 0 Å². The molecule has 2 aromatic rings. The van der Waals surface area contributed by atoms with E-state index in [1.54, 1.807) is 25.1 Å². The lowest BCUT2D eigenvalue weighted by Gasteiger charge is -2.10. The van der Waals surface area contributed by atoms with Crippen LogP contribution in [0.1, 0.15) is 34.7 Å². The molecular weight excluding hydrogens is 254 g/mol. The molecule has 2 rings (SSSR count). The molecule has 1 N–H and O–H groups in total. The van der Waals surface area contributed by atoms with Crippen molar-refractivity contribution < 1.29 is 9.32 Å². The standard InChI is InChI=1S/C12H12ClN3O2/c1-7-3-9(5-10(13)4-7)12(17)15-8(2)11-14-6-18-16-11/h3-6,8H,1-2H3,(H,15,17)/t8-/m1/s1. The second kappa shape index (κ2) is 5.18. The van der Waals surface area contributed by atoms with E-state index in [2.05, 4.69) is 20.0 Å². The summed E-state index contributed by atoms with van der Waals surface area (Å²) in [7, 11) is 0. The van der Waals surface area contributed by atoms with Crippen LogP contribution < -0.4 is 5.32 Å². The summed E-state index contributed by atoms with van der Waals surface area (Å²) < 4.78 is 4.63. The van der Waals surface area contributed by atoms with E-state index in [0.29, 0.717) is 16.4 Å². The Kier molecular flexibility index (Phi) is 3.62. The molecule has 1 amide bonds. The van der Waals surface area contributed by atoms with Crippen LogP contribution in [0.3, 0.4) is 0 Å². The van der Waals surface area contributed by atoms with Gasteiger partial charge in [-0.25, -0.2) is 0 Å². The summed E-state index contributed by atoms with van der Waals surface area (Å²) in [4.78, 5) is 15.9. The molecule has 1 aromatic heterocycles. The van der Waals surface area contributed by atoms with Crippen LogP contribution in [0.15, 0.2) is 29.1 Å². The minimum atomic E-state index is -0.324. The van der Waals surface area contributed by atoms with Crippen molar-refractivity contribution in [3.8, 4) is 0 Å². The highest BCUT2D eigenvalue weighted by Gasteiger charge is 2.15. The molecular formula is C12H12ClN3O2. The van der Waals surface area contributed by atoms with Gasteiger partial charge in [-0.05, 0) is 37.6 Å². The Morgan fingerprint density at radius 3 is 2.83 bits per heavy atom. The Bertz CT molecular complexity index is 534. The molecule has 1 atom stereocenters. The van der Waals surface area contributed by atoms with Crippen molar-refractivity contribution in [1.82, 2.24) is 15.5 Å². The van der Waals surface area contributed by atoms with Crippen molar-refractivity contribution in [3.05, 3.63) is 46.6 Å². The van der Waals surface area contributed by atoms with Gasteiger partial charge < -0.3 is 9.84 Å². The molecule has 6 heteroatoms. The number of carbonyl (C=O) groups is 1. The summed E-state index contributed by atoms with van der Waals surface area (Å²) in [5.74, 6) is 0.208. The van der Waals surface area contributed by atoms with Crippen LogP contribution in [0, 0.1) is 6.92 Å². The van der Waals surface area contributed by atoms with Crippen molar-refractivity contribution in [2.45, 2.75) is 19.9 Å². The van der Waals surface area contributed by atoms with E-state index in [1.807, 2.05) is 6.92 Å². The number of benzene rings is 1. The average molecular weight is 266 g/mol. The van der Waals surface area contributed by atoms with Gasteiger partial charge >= 0.3 is 0 Å². The minimum absolute atomic E-state index is 0.224. The van der Waals surface area contributed by atoms with Gasteiger partial charge in [-0.1, -0.05) is 16.8 Å². The zero-order valence-electron chi connectivity index (χ0n) is 9.98. The van der Waals surface area contributed by atoms with E-state index in [-0.39, 0.29) is 11.9 Å². The fourth-order valence-corrected chi connectivity index (χ4v) is 1.87. The number of aryl methyl sites for hydroxylation is 1. The van der Waals surface area contributed by atoms with E-state index in [1.165, 1.54) is 6.39 Å². The quantitative estimate of drug-likeness (QED) is 0.926. The topological polar surface area (TPSA) is 68.0 Å². The monoisotopic (exact) mass is 265 g/mol. The molecule has 94 valence electrons. The first-order valence-corrected chi connectivity index (χ1v) is 5.78. The molecule has 1 aromatic carbocycles. The highest BCUT2D eigenvalue weighted by Crippen LogP contribution is 2.15. The number of halogens is 1. The number of rotatable bonds is 3. The van der Waals surface area contributed by atoms with E-state index in [0.717, 1.165) is 5.56 Å². The van der Waals surface area contributed by atoms with Crippen LogP contribution in [0.5, 0.6) is 0 Å². The lowest BCUT2D eigenvalue weighted by atomic mass is 10.1. The first-order chi connectivity index (χ1) is 8.56. The number of nitrogens with zero attached hydrogens (tertiary/aromatic N) is 2. The molecule has 0 unspecified atom stereocenters. The predicted octanol–water partition coefficient (Wildman–Crippen LogP) is 2.52. The zero-order valence-corrected chi connectivity index (χ0v) is 10.7. The third kappa shape index (κ3) is 2.87. The molecule has 0 bridgehead atoms. The molecule has 0 saturated carbocycles. The van der Waals surface area contributed by atoms with Gasteiger partial charge in [-0.2, -0.15) is 4.98 Å². The summed E-state index contributed by atoms with van der Waals surface area (Å²) in [6, 6.07) is 4.85. The number of hydrogen-bond acceptors (Lipinski definition) is 4. The maximum absolute atomic E-state index is 12.0. The zero-order chi connectivity index (χ0) is 13.1. The largest absolute Gasteiger partial charge is 0.343 e. The van der Waals surface area contributed by atoms with Gasteiger partial charge in [-0.3, -0.25) is 4.79 Å². The van der Waals surface area contributed by atoms with Crippen molar-refractivity contribution in [2.75, 3.05) is 0 Å². The molecule has 0 saturated heterocycles. The number of amides is 1. The maximum atomic E-state index is 12.0. The Balaban J connectivity index is 2.12. The summed E-state index contributed by atoms with van der Waals surface area (Å²) >= 11 is 5.91. The van der Waals surface area contributed by atoms with Crippen molar-refractivity contribution in [3.63, 3.8) is 0 Å². The normalized spacial score (nSPS) is 12.2. The Morgan fingerprint density at radius 2 is 2.22 bits per heavy atom. The predicted molar refractivity (Wildman–Crippen MR) is 66.4 cm³/mol. The van der Waals surface area contributed by atoms with E-state index >= 15 is 0 Å². The van der Waals surface area contributed by atoms with Gasteiger partial charge in [0.25, 0.3) is 5.91 Å². The molecule has 0 radical (unpaired) electrons. The highest BCUT2D eigenvalue weighted by molar-refractivity contribution is 6.31. The first kappa shape index (κ1) is 12.6. The Hall–Kier alpha value is -1.88. The van der Waals surface area contributed by atoms with Gasteiger partial charge in [-0.15, -0.1) is 0 Å². The summed E-state index contributed by atoms with van der Waals surface area (Å²) in [6.07, 6.45) is 1.22. The number of nitrogens with one attached hydrogen (secondary N) is 1. The second-order valence-electron chi connectivity index (χ2n) is 4.00. The Labute approximate surface area is 109 Å². The molecule has 1 heterocycles. The third-order valence-electron chi connectivity index (χ3n) is 2.42. The molecule has 0 spiro atoms. The number of aromatic nitrogens is 2. The SMILES string of the molecule is Cc1cc(Cl)cc(C(=O)N[C@H](C)c2ncon2)c1. The smallest absolute Gasteiger partial charge is 0.251 e. The molecule has 0 aliphatic carbocycles. The van der Waals surface area contributed by atoms with Crippen molar-refractivity contribution in [2.24, 2.45) is 0 Å². The van der Waals surface area contributed by atoms with Gasteiger partial charge in [0, 0.05) is 10.6 Å². The van der Waals surface area contributed by atoms with E-state index < -0.39 is 0 Å². The van der Waals surface area contributed by atoms with E-state index in [9.17, 15) is 4.79 Å². The molecule has 5 nitrogen and oxygen atoms in total. The van der Waals surface area contributed by atoms with Crippen LogP contribution in [0.4, 0.5) is 0 Å². The van der Waals surface area contributed by atoms with Gasteiger partial charge in [0.2, 0.25) is 6.39 Å². The van der Waals surface area contributed by atoms with Crippen molar-refractivity contribution in [1.29, 1.82) is 0 Å². The molecule has 0 aliphatic heterocycles. The maximum Gasteiger partial charge on any atom is 0.251 e. The fraction of sp³-hybridized carbons (Fsp3) is 0.250. The molecule has 18 heavy (non-hydrogen) atoms. The molecule has 0 fully saturated rings. The van der Waals surface area contributed by atoms with Crippen LogP contribution in [0.25, 0.3) is 0 Å².